The van der Waals surface area contributed by atoms with Crippen LogP contribution in [0.1, 0.15) is 36.8 Å². The first-order valence-electron chi connectivity index (χ1n) is 11.7. The van der Waals surface area contributed by atoms with Gasteiger partial charge in [0.2, 0.25) is 5.91 Å². The normalized spacial score (nSPS) is 25.7. The van der Waals surface area contributed by atoms with E-state index in [4.69, 9.17) is 10.00 Å². The summed E-state index contributed by atoms with van der Waals surface area (Å²) in [7, 11) is 1.61. The van der Waals surface area contributed by atoms with E-state index >= 15 is 0 Å². The molecule has 3 fully saturated rings. The molecule has 0 unspecified atom stereocenters. The summed E-state index contributed by atoms with van der Waals surface area (Å²) in [6.45, 7) is 4.52. The van der Waals surface area contributed by atoms with E-state index in [0.717, 1.165) is 58.1 Å². The summed E-state index contributed by atoms with van der Waals surface area (Å²) in [4.78, 5) is 17.1. The molecule has 1 N–H and O–H groups in total. The molecular formula is C24H31F3N4O2. The van der Waals surface area contributed by atoms with Crippen molar-refractivity contribution in [2.75, 3.05) is 51.3 Å². The van der Waals surface area contributed by atoms with Crippen LogP contribution in [0.5, 0.6) is 0 Å². The zero-order valence-corrected chi connectivity index (χ0v) is 18.9. The molecule has 3 aliphatic rings. The van der Waals surface area contributed by atoms with Crippen LogP contribution in [0.2, 0.25) is 0 Å². The van der Waals surface area contributed by atoms with Gasteiger partial charge in [0, 0.05) is 45.1 Å². The van der Waals surface area contributed by atoms with Gasteiger partial charge in [0.25, 0.3) is 0 Å². The van der Waals surface area contributed by atoms with Crippen LogP contribution in [0.15, 0.2) is 18.2 Å². The van der Waals surface area contributed by atoms with Crippen LogP contribution in [-0.4, -0.2) is 63.3 Å². The smallest absolute Gasteiger partial charge is 0.381 e. The highest BCUT2D eigenvalue weighted by molar-refractivity contribution is 5.80. The molecule has 0 bridgehead atoms. The fourth-order valence-corrected chi connectivity index (χ4v) is 5.80. The van der Waals surface area contributed by atoms with Crippen molar-refractivity contribution >= 4 is 11.6 Å². The number of benzene rings is 1. The number of carbonyl (C=O) groups is 1. The van der Waals surface area contributed by atoms with E-state index in [-0.39, 0.29) is 23.3 Å². The average Bonchev–Trinajstić information content (AvgIpc) is 3.29. The first-order chi connectivity index (χ1) is 15.8. The first kappa shape index (κ1) is 23.8. The Balaban J connectivity index is 1.49. The summed E-state index contributed by atoms with van der Waals surface area (Å²) < 4.78 is 45.9. The first-order valence-corrected chi connectivity index (χ1v) is 11.7. The van der Waals surface area contributed by atoms with Crippen LogP contribution in [-0.2, 0) is 15.7 Å². The zero-order valence-electron chi connectivity index (χ0n) is 18.9. The molecule has 0 radical (unpaired) electrons. The highest BCUT2D eigenvalue weighted by atomic mass is 19.4. The number of piperidine rings is 1. The van der Waals surface area contributed by atoms with Crippen molar-refractivity contribution in [3.63, 3.8) is 0 Å². The fourth-order valence-electron chi connectivity index (χ4n) is 5.80. The lowest BCUT2D eigenvalue weighted by Gasteiger charge is -2.41. The Morgan fingerprint density at radius 2 is 1.85 bits per heavy atom. The Morgan fingerprint density at radius 1 is 1.15 bits per heavy atom. The minimum absolute atomic E-state index is 0.0564. The number of nitriles is 1. The molecule has 1 amide bonds. The topological polar surface area (TPSA) is 68.6 Å². The molecule has 6 nitrogen and oxygen atoms in total. The molecule has 0 aromatic heterocycles. The molecular weight excluding hydrogens is 433 g/mol. The summed E-state index contributed by atoms with van der Waals surface area (Å²) in [6, 6.07) is 6.04. The average molecular weight is 465 g/mol. The van der Waals surface area contributed by atoms with Crippen LogP contribution in [0.25, 0.3) is 0 Å². The second-order valence-corrected chi connectivity index (χ2v) is 9.35. The van der Waals surface area contributed by atoms with E-state index in [2.05, 4.69) is 10.2 Å². The molecule has 9 heteroatoms. The van der Waals surface area contributed by atoms with Crippen LogP contribution < -0.4 is 10.2 Å². The highest BCUT2D eigenvalue weighted by Crippen LogP contribution is 2.40. The lowest BCUT2D eigenvalue weighted by atomic mass is 9.78. The third kappa shape index (κ3) is 5.12. The quantitative estimate of drug-likeness (QED) is 0.741. The predicted octanol–water partition coefficient (Wildman–Crippen LogP) is 3.27. The van der Waals surface area contributed by atoms with Gasteiger partial charge < -0.3 is 19.9 Å². The maximum Gasteiger partial charge on any atom is 0.417 e. The Labute approximate surface area is 192 Å². The predicted molar refractivity (Wildman–Crippen MR) is 118 cm³/mol. The van der Waals surface area contributed by atoms with E-state index in [1.807, 2.05) is 4.90 Å². The fraction of sp³-hybridized carbons (Fsp3) is 0.667. The number of rotatable bonds is 4. The van der Waals surface area contributed by atoms with Gasteiger partial charge in [-0.05, 0) is 68.8 Å². The Bertz CT molecular complexity index is 887. The van der Waals surface area contributed by atoms with Gasteiger partial charge in [-0.25, -0.2) is 0 Å². The molecule has 2 atom stereocenters. The van der Waals surface area contributed by atoms with Gasteiger partial charge in [-0.15, -0.1) is 0 Å². The SMILES string of the molecule is CNC(=O)[C@@H]1CN(c2ccc(C#N)c(C(F)(F)F)c2)C[C@H]1C1CCN(C2CCOCC2)CC1. The van der Waals surface area contributed by atoms with E-state index in [1.165, 1.54) is 6.07 Å². The van der Waals surface area contributed by atoms with Gasteiger partial charge in [0.05, 0.1) is 23.1 Å². The van der Waals surface area contributed by atoms with Crippen LogP contribution >= 0.6 is 0 Å². The number of nitrogens with one attached hydrogen (secondary N) is 1. The van der Waals surface area contributed by atoms with E-state index in [0.29, 0.717) is 30.7 Å². The standard InChI is InChI=1S/C24H31F3N4O2/c1-29-23(32)21-15-31(19-3-2-17(13-28)22(12-19)24(25,26)27)14-20(21)16-4-8-30(9-5-16)18-6-10-33-11-7-18/h2-3,12,16,18,20-21H,4-11,14-15H2,1H3,(H,29,32)/t20-,21+/m0/s1. The summed E-state index contributed by atoms with van der Waals surface area (Å²) >= 11 is 0. The van der Waals surface area contributed by atoms with E-state index < -0.39 is 11.7 Å². The zero-order chi connectivity index (χ0) is 23.6. The minimum Gasteiger partial charge on any atom is -0.381 e. The number of alkyl halides is 3. The van der Waals surface area contributed by atoms with Gasteiger partial charge in [-0.3, -0.25) is 4.79 Å². The third-order valence-electron chi connectivity index (χ3n) is 7.63. The molecule has 3 aliphatic heterocycles. The maximum absolute atomic E-state index is 13.5. The number of halogens is 3. The summed E-state index contributed by atoms with van der Waals surface area (Å²) in [5, 5.41) is 11.8. The highest BCUT2D eigenvalue weighted by Gasteiger charge is 2.43. The number of nitrogens with zero attached hydrogens (tertiary/aromatic N) is 3. The largest absolute Gasteiger partial charge is 0.417 e. The molecule has 0 aliphatic carbocycles. The van der Waals surface area contributed by atoms with Crippen molar-refractivity contribution in [1.82, 2.24) is 10.2 Å². The van der Waals surface area contributed by atoms with Crippen molar-refractivity contribution in [3.05, 3.63) is 29.3 Å². The van der Waals surface area contributed by atoms with Crippen molar-refractivity contribution in [2.45, 2.75) is 37.9 Å². The minimum atomic E-state index is -4.60. The Morgan fingerprint density at radius 3 is 2.45 bits per heavy atom. The molecule has 3 saturated heterocycles. The molecule has 4 rings (SSSR count). The molecule has 180 valence electrons. The molecule has 1 aromatic rings. The van der Waals surface area contributed by atoms with Gasteiger partial charge >= 0.3 is 6.18 Å². The number of ether oxygens (including phenoxy) is 1. The number of carbonyl (C=O) groups excluding carboxylic acids is 1. The van der Waals surface area contributed by atoms with Crippen molar-refractivity contribution in [3.8, 4) is 6.07 Å². The number of hydrogen-bond acceptors (Lipinski definition) is 5. The number of likely N-dealkylation sites (tertiary alicyclic amines) is 1. The maximum atomic E-state index is 13.5. The molecule has 33 heavy (non-hydrogen) atoms. The van der Waals surface area contributed by atoms with Gasteiger partial charge in [0.1, 0.15) is 0 Å². The van der Waals surface area contributed by atoms with Crippen LogP contribution in [0.4, 0.5) is 18.9 Å². The second-order valence-electron chi connectivity index (χ2n) is 9.35. The van der Waals surface area contributed by atoms with E-state index in [9.17, 15) is 18.0 Å². The molecule has 0 saturated carbocycles. The van der Waals surface area contributed by atoms with Crippen molar-refractivity contribution in [1.29, 1.82) is 5.26 Å². The van der Waals surface area contributed by atoms with Gasteiger partial charge in [-0.1, -0.05) is 0 Å². The Kier molecular flexibility index (Phi) is 7.15. The summed E-state index contributed by atoms with van der Waals surface area (Å²) in [5.74, 6) is 0.124. The van der Waals surface area contributed by atoms with Gasteiger partial charge in [-0.2, -0.15) is 18.4 Å². The summed E-state index contributed by atoms with van der Waals surface area (Å²) in [6.07, 6.45) is -0.502. The molecule has 0 spiro atoms. The van der Waals surface area contributed by atoms with Crippen molar-refractivity contribution < 1.29 is 22.7 Å². The van der Waals surface area contributed by atoms with Gasteiger partial charge in [0.15, 0.2) is 0 Å². The third-order valence-corrected chi connectivity index (χ3v) is 7.63. The Hall–Kier alpha value is -2.31. The van der Waals surface area contributed by atoms with Crippen LogP contribution in [0, 0.1) is 29.1 Å². The summed E-state index contributed by atoms with van der Waals surface area (Å²) in [5.41, 5.74) is -0.894. The lowest BCUT2D eigenvalue weighted by Crippen LogP contribution is -2.46. The monoisotopic (exact) mass is 464 g/mol. The second kappa shape index (κ2) is 9.90. The lowest BCUT2D eigenvalue weighted by molar-refractivity contribution is -0.137. The number of hydrogen-bond donors (Lipinski definition) is 1. The molecule has 1 aromatic carbocycles. The van der Waals surface area contributed by atoms with E-state index in [1.54, 1.807) is 19.2 Å². The molecule has 3 heterocycles. The number of anilines is 1. The number of amides is 1. The van der Waals surface area contributed by atoms with Crippen molar-refractivity contribution in [2.24, 2.45) is 17.8 Å². The van der Waals surface area contributed by atoms with Crippen LogP contribution in [0.3, 0.4) is 0 Å².